The van der Waals surface area contributed by atoms with Crippen LogP contribution in [0.25, 0.3) is 0 Å². The summed E-state index contributed by atoms with van der Waals surface area (Å²) in [6, 6.07) is 1.32. The molecule has 0 saturated carbocycles. The molecule has 1 N–H and O–H groups in total. The third-order valence-corrected chi connectivity index (χ3v) is 3.03. The highest BCUT2D eigenvalue weighted by Crippen LogP contribution is 2.17. The first kappa shape index (κ1) is 14.0. The van der Waals surface area contributed by atoms with Crippen molar-refractivity contribution in [2.45, 2.75) is 26.2 Å². The van der Waals surface area contributed by atoms with E-state index >= 15 is 0 Å². The molecule has 0 spiro atoms. The van der Waals surface area contributed by atoms with E-state index in [-0.39, 0.29) is 11.5 Å². The lowest BCUT2D eigenvalue weighted by Crippen LogP contribution is -2.15. The molecule has 0 aliphatic rings. The Morgan fingerprint density at radius 2 is 2.15 bits per heavy atom. The van der Waals surface area contributed by atoms with E-state index in [0.29, 0.717) is 5.82 Å². The van der Waals surface area contributed by atoms with Gasteiger partial charge in [0, 0.05) is 12.4 Å². The molecule has 0 radical (unpaired) electrons. The number of hydrogen-bond acceptors (Lipinski definition) is 4. The molecule has 2 rings (SSSR count). The van der Waals surface area contributed by atoms with Crippen LogP contribution in [0, 0.1) is 5.82 Å². The summed E-state index contributed by atoms with van der Waals surface area (Å²) in [5, 5.41) is 2.54. The van der Waals surface area contributed by atoms with Crippen molar-refractivity contribution < 1.29 is 9.18 Å². The SMILES string of the molecule is CCC(C)c1cncc(NC(=O)c2ccncc2F)n1. The minimum atomic E-state index is -0.670. The van der Waals surface area contributed by atoms with Gasteiger partial charge in [0.15, 0.2) is 11.6 Å². The van der Waals surface area contributed by atoms with Crippen LogP contribution in [0.1, 0.15) is 42.2 Å². The summed E-state index contributed by atoms with van der Waals surface area (Å²) in [7, 11) is 0. The molecule has 5 nitrogen and oxygen atoms in total. The number of nitrogens with zero attached hydrogens (tertiary/aromatic N) is 3. The van der Waals surface area contributed by atoms with Gasteiger partial charge in [-0.1, -0.05) is 13.8 Å². The standard InChI is InChI=1S/C14H15FN4O/c1-3-9(2)12-7-17-8-13(18-12)19-14(20)10-4-5-16-6-11(10)15/h4-9H,3H2,1-2H3,(H,18,19,20). The number of nitrogens with one attached hydrogen (secondary N) is 1. The van der Waals surface area contributed by atoms with Gasteiger partial charge in [-0.15, -0.1) is 0 Å². The van der Waals surface area contributed by atoms with Gasteiger partial charge >= 0.3 is 0 Å². The second kappa shape index (κ2) is 6.18. The van der Waals surface area contributed by atoms with Crippen LogP contribution < -0.4 is 5.32 Å². The molecule has 0 aromatic carbocycles. The fraction of sp³-hybridized carbons (Fsp3) is 0.286. The van der Waals surface area contributed by atoms with Crippen molar-refractivity contribution in [3.63, 3.8) is 0 Å². The van der Waals surface area contributed by atoms with Gasteiger partial charge in [0.05, 0.1) is 23.7 Å². The molecule has 2 aromatic heterocycles. The number of rotatable bonds is 4. The van der Waals surface area contributed by atoms with Crippen molar-refractivity contribution in [2.24, 2.45) is 0 Å². The van der Waals surface area contributed by atoms with E-state index < -0.39 is 11.7 Å². The Morgan fingerprint density at radius 1 is 1.35 bits per heavy atom. The lowest BCUT2D eigenvalue weighted by Gasteiger charge is -2.10. The normalized spacial score (nSPS) is 11.9. The topological polar surface area (TPSA) is 67.8 Å². The Balaban J connectivity index is 2.18. The maximum Gasteiger partial charge on any atom is 0.259 e. The minimum Gasteiger partial charge on any atom is -0.305 e. The van der Waals surface area contributed by atoms with Crippen molar-refractivity contribution in [1.29, 1.82) is 0 Å². The highest BCUT2D eigenvalue weighted by atomic mass is 19.1. The summed E-state index contributed by atoms with van der Waals surface area (Å²) in [5.74, 6) is -0.683. The number of carbonyl (C=O) groups excluding carboxylic acids is 1. The molecule has 1 atom stereocenters. The van der Waals surface area contributed by atoms with E-state index in [1.54, 1.807) is 6.20 Å². The van der Waals surface area contributed by atoms with Crippen LogP contribution in [0.2, 0.25) is 0 Å². The Labute approximate surface area is 116 Å². The van der Waals surface area contributed by atoms with Crippen LogP contribution >= 0.6 is 0 Å². The summed E-state index contributed by atoms with van der Waals surface area (Å²) in [6.45, 7) is 4.07. The molecular weight excluding hydrogens is 259 g/mol. The van der Waals surface area contributed by atoms with Gasteiger partial charge in [0.2, 0.25) is 0 Å². The van der Waals surface area contributed by atoms with Crippen molar-refractivity contribution in [1.82, 2.24) is 15.0 Å². The predicted molar refractivity (Wildman–Crippen MR) is 72.9 cm³/mol. The van der Waals surface area contributed by atoms with Crippen molar-refractivity contribution in [3.05, 3.63) is 47.9 Å². The quantitative estimate of drug-likeness (QED) is 0.930. The van der Waals surface area contributed by atoms with E-state index in [2.05, 4.69) is 20.3 Å². The third-order valence-electron chi connectivity index (χ3n) is 3.03. The van der Waals surface area contributed by atoms with Crippen molar-refractivity contribution in [3.8, 4) is 0 Å². The fourth-order valence-electron chi connectivity index (χ4n) is 1.63. The van der Waals surface area contributed by atoms with Crippen LogP contribution in [0.5, 0.6) is 0 Å². The van der Waals surface area contributed by atoms with E-state index in [1.165, 1.54) is 18.5 Å². The lowest BCUT2D eigenvalue weighted by atomic mass is 10.1. The van der Waals surface area contributed by atoms with Crippen LogP contribution in [-0.4, -0.2) is 20.9 Å². The zero-order valence-electron chi connectivity index (χ0n) is 11.3. The zero-order valence-corrected chi connectivity index (χ0v) is 11.3. The van der Waals surface area contributed by atoms with Crippen LogP contribution in [0.4, 0.5) is 10.2 Å². The number of amides is 1. The summed E-state index contributed by atoms with van der Waals surface area (Å²) in [4.78, 5) is 23.9. The zero-order chi connectivity index (χ0) is 14.5. The molecule has 6 heteroatoms. The number of pyridine rings is 1. The summed E-state index contributed by atoms with van der Waals surface area (Å²) in [6.07, 6.45) is 6.38. The van der Waals surface area contributed by atoms with E-state index in [9.17, 15) is 9.18 Å². The number of aromatic nitrogens is 3. The summed E-state index contributed by atoms with van der Waals surface area (Å²) in [5.41, 5.74) is 0.719. The predicted octanol–water partition coefficient (Wildman–Crippen LogP) is 2.78. The number of hydrogen-bond donors (Lipinski definition) is 1. The number of halogens is 1. The van der Waals surface area contributed by atoms with E-state index in [0.717, 1.165) is 18.3 Å². The van der Waals surface area contributed by atoms with E-state index in [4.69, 9.17) is 0 Å². The highest BCUT2D eigenvalue weighted by molar-refractivity contribution is 6.03. The Morgan fingerprint density at radius 3 is 2.85 bits per heavy atom. The van der Waals surface area contributed by atoms with Gasteiger partial charge in [-0.2, -0.15) is 0 Å². The maximum absolute atomic E-state index is 13.4. The van der Waals surface area contributed by atoms with Gasteiger partial charge in [0.1, 0.15) is 0 Å². The summed E-state index contributed by atoms with van der Waals surface area (Å²) < 4.78 is 13.4. The van der Waals surface area contributed by atoms with Gasteiger partial charge in [-0.3, -0.25) is 14.8 Å². The number of anilines is 1. The molecule has 0 saturated heterocycles. The van der Waals surface area contributed by atoms with Crippen LogP contribution in [0.15, 0.2) is 30.9 Å². The molecule has 1 unspecified atom stereocenters. The van der Waals surface area contributed by atoms with Gasteiger partial charge < -0.3 is 5.32 Å². The molecule has 0 aliphatic heterocycles. The minimum absolute atomic E-state index is 0.0734. The first-order chi connectivity index (χ1) is 9.61. The first-order valence-corrected chi connectivity index (χ1v) is 6.34. The molecule has 0 aliphatic carbocycles. The van der Waals surface area contributed by atoms with Crippen LogP contribution in [0.3, 0.4) is 0 Å². The fourth-order valence-corrected chi connectivity index (χ4v) is 1.63. The molecule has 2 aromatic rings. The Hall–Kier alpha value is -2.37. The third kappa shape index (κ3) is 3.14. The first-order valence-electron chi connectivity index (χ1n) is 6.34. The number of carbonyl (C=O) groups is 1. The molecule has 0 fully saturated rings. The largest absolute Gasteiger partial charge is 0.305 e. The van der Waals surface area contributed by atoms with Gasteiger partial charge in [0.25, 0.3) is 5.91 Å². The Bertz CT molecular complexity index is 618. The smallest absolute Gasteiger partial charge is 0.259 e. The highest BCUT2D eigenvalue weighted by Gasteiger charge is 2.13. The molecule has 0 bridgehead atoms. The van der Waals surface area contributed by atoms with Crippen molar-refractivity contribution >= 4 is 11.7 Å². The average Bonchev–Trinajstić information content (AvgIpc) is 2.47. The van der Waals surface area contributed by atoms with Gasteiger partial charge in [-0.25, -0.2) is 9.37 Å². The molecule has 104 valence electrons. The second-order valence-corrected chi connectivity index (χ2v) is 4.45. The second-order valence-electron chi connectivity index (χ2n) is 4.45. The van der Waals surface area contributed by atoms with Crippen LogP contribution in [-0.2, 0) is 0 Å². The molecule has 20 heavy (non-hydrogen) atoms. The molecule has 1 amide bonds. The lowest BCUT2D eigenvalue weighted by molar-refractivity contribution is 0.102. The van der Waals surface area contributed by atoms with Crippen molar-refractivity contribution in [2.75, 3.05) is 5.32 Å². The maximum atomic E-state index is 13.4. The Kier molecular flexibility index (Phi) is 4.34. The average molecular weight is 274 g/mol. The van der Waals surface area contributed by atoms with E-state index in [1.807, 2.05) is 13.8 Å². The molecular formula is C14H15FN4O. The monoisotopic (exact) mass is 274 g/mol. The van der Waals surface area contributed by atoms with Gasteiger partial charge in [-0.05, 0) is 18.4 Å². The molecule has 2 heterocycles. The summed E-state index contributed by atoms with van der Waals surface area (Å²) >= 11 is 0.